The molecule has 36 heteroatoms. The van der Waals surface area contributed by atoms with E-state index in [1.807, 2.05) is 24.3 Å². The minimum atomic E-state index is -1.10. The number of nitrogens with two attached hydrogens (primary N) is 2. The maximum Gasteiger partial charge on any atom is 0.340 e. The van der Waals surface area contributed by atoms with E-state index in [-0.39, 0.29) is 74.1 Å². The summed E-state index contributed by atoms with van der Waals surface area (Å²) in [6.45, 7) is 1.86. The molecule has 1 aliphatic heterocycles. The van der Waals surface area contributed by atoms with E-state index in [1.54, 1.807) is 77.8 Å². The smallest absolute Gasteiger partial charge is 0.340 e. The van der Waals surface area contributed by atoms with E-state index in [0.717, 1.165) is 140 Å². The Hall–Kier alpha value is -8.17. The number of aryl methyl sites for hydroxylation is 3. The summed E-state index contributed by atoms with van der Waals surface area (Å²) in [5.41, 5.74) is 20.7. The Morgan fingerprint density at radius 3 is 1.25 bits per heavy atom. The third-order valence-electron chi connectivity index (χ3n) is 18.2. The number of thiophene rings is 3. The molecule has 0 fully saturated rings. The standard InChI is InChI=1S/C20H20Cl2N2O4S.C19H19Cl2N3O4S.C12H12Cl2O2.C11H10Cl2O2.C9H12N2O3S.C9H13NO.CH3F/c1-28-20(27)14(10-23-18(25)15-7-4-8-29-15)24-19(26)16-13(21)9-11-5-2-3-6-12(11)17(16)22;1-28-19(27)13(9-23-17(25)14-3-2-6-29-14)24-18(26)15-12(20)7-10-8-22-5-4-11(10)16(15)21;1-16-12(15)10-9(13)6-7-4-2-3-5-8(7)11(10)14;12-8-5-6-3-1-2-4-7(6)10(13)9(8)11(14)15;1-14-9(13)6(10)5-11-8(12)7-3-2-4-15-7;1-11-9-4-2-3-8(7-9)5-6-10;1-2/h4,7-9,14H,2-3,5-6,10H2,1H3,(H,23,25)(H,24,26);2-3,6-7,13,22H,4-5,8-9H2,1H3,(H,23,25)(H,24,26);6H,2-5H2,1H3;5H,1-4H2,(H,14,15);2-4,6H,5,10H2,1H3,(H,11,12);2-4,7H,5-6,10H2,1H3;1H3/t14-;13-;;;6-;;/m00..0../s1/i;;;;;;1D. The predicted molar refractivity (Wildman–Crippen MR) is 459 cm³/mol. The Morgan fingerprint density at radius 2 is 0.863 bits per heavy atom. The molecule has 8 aromatic rings. The summed E-state index contributed by atoms with van der Waals surface area (Å²) in [6.07, 6.45) is 13.4. The van der Waals surface area contributed by atoms with E-state index in [1.165, 1.54) is 68.0 Å². The number of hydrogen-bond donors (Lipinski definition) is 9. The number of ether oxygens (including phenoxy) is 5. The Balaban J connectivity index is 0.000000226. The van der Waals surface area contributed by atoms with Crippen LogP contribution in [0, 0.1) is 0 Å². The summed E-state index contributed by atoms with van der Waals surface area (Å²) in [6, 6.07) is 22.3. The van der Waals surface area contributed by atoms with Crippen LogP contribution >= 0.6 is 127 Å². The summed E-state index contributed by atoms with van der Waals surface area (Å²) in [7, 11) is 5.66. The molecule has 0 unspecified atom stereocenters. The lowest BCUT2D eigenvalue weighted by molar-refractivity contribution is -0.143. The van der Waals surface area contributed by atoms with Crippen LogP contribution in [0.3, 0.4) is 0 Å². The molecule has 4 aliphatic rings. The number of carbonyl (C=O) groups excluding carboxylic acids is 9. The van der Waals surface area contributed by atoms with Crippen LogP contribution in [0.5, 0.6) is 5.75 Å². The fraction of sp³-hybridized carbons (Fsp3) is 0.358. The first-order chi connectivity index (χ1) is 56.5. The van der Waals surface area contributed by atoms with Crippen LogP contribution in [0.4, 0.5) is 4.39 Å². The van der Waals surface area contributed by atoms with Crippen molar-refractivity contribution in [2.45, 2.75) is 115 Å². The number of aromatic carboxylic acids is 1. The minimum Gasteiger partial charge on any atom is -0.497 e. The maximum absolute atomic E-state index is 12.9. The number of methoxy groups -OCH3 is 5. The number of benzene rings is 5. The zero-order valence-electron chi connectivity index (χ0n) is 65.2. The summed E-state index contributed by atoms with van der Waals surface area (Å²) in [5, 5.41) is 32.9. The van der Waals surface area contributed by atoms with Crippen LogP contribution in [0.15, 0.2) is 101 Å². The van der Waals surface area contributed by atoms with Gasteiger partial charge in [0.05, 0.1) is 121 Å². The van der Waals surface area contributed by atoms with Crippen LogP contribution in [0.25, 0.3) is 0 Å². The van der Waals surface area contributed by atoms with Crippen molar-refractivity contribution in [1.29, 1.82) is 0 Å². The van der Waals surface area contributed by atoms with Gasteiger partial charge in [0.15, 0.2) is 0 Å². The highest BCUT2D eigenvalue weighted by atomic mass is 35.5. The quantitative estimate of drug-likeness (QED) is 0.0238. The zero-order valence-corrected chi connectivity index (χ0v) is 72.7. The first-order valence-corrected chi connectivity index (χ1v) is 41.9. The van der Waals surface area contributed by atoms with Gasteiger partial charge in [-0.05, 0) is 224 Å². The van der Waals surface area contributed by atoms with Crippen LogP contribution in [-0.4, -0.2) is 158 Å². The molecule has 0 bridgehead atoms. The minimum absolute atomic E-state index is 0.0407. The Morgan fingerprint density at radius 1 is 0.487 bits per heavy atom. The Bertz CT molecular complexity index is 4630. The van der Waals surface area contributed by atoms with E-state index in [0.29, 0.717) is 59.8 Å². The van der Waals surface area contributed by atoms with Crippen LogP contribution in [0.1, 0.15) is 160 Å². The highest BCUT2D eigenvalue weighted by Crippen LogP contribution is 2.39. The van der Waals surface area contributed by atoms with Gasteiger partial charge in [-0.1, -0.05) is 123 Å². The van der Waals surface area contributed by atoms with Gasteiger partial charge >= 0.3 is 29.8 Å². The normalized spacial score (nSPS) is 13.4. The van der Waals surface area contributed by atoms with Crippen molar-refractivity contribution in [1.82, 2.24) is 31.9 Å². The summed E-state index contributed by atoms with van der Waals surface area (Å²) < 4.78 is 39.2. The van der Waals surface area contributed by atoms with Gasteiger partial charge in [0, 0.05) is 26.2 Å². The van der Waals surface area contributed by atoms with E-state index >= 15 is 0 Å². The Kier molecular flexibility index (Phi) is 41.0. The van der Waals surface area contributed by atoms with Crippen LogP contribution in [0.2, 0.25) is 40.2 Å². The molecule has 0 radical (unpaired) electrons. The second-order valence-corrected chi connectivity index (χ2v) is 31.7. The van der Waals surface area contributed by atoms with Gasteiger partial charge in [-0.2, -0.15) is 0 Å². The monoisotopic (exact) mass is 1830 g/mol. The molecular formula is C81H89Cl8FN8O16S3. The molecule has 0 saturated carbocycles. The third kappa shape index (κ3) is 28.2. The number of alkyl halides is 1. The number of nitrogens with one attached hydrogen (secondary N) is 6. The van der Waals surface area contributed by atoms with E-state index < -0.39 is 66.9 Å². The number of rotatable bonds is 21. The topological polar surface area (TPSA) is 361 Å². The van der Waals surface area contributed by atoms with Gasteiger partial charge in [0.1, 0.15) is 23.9 Å². The molecular weight excluding hydrogens is 1740 g/mol. The molecule has 630 valence electrons. The molecule has 0 saturated heterocycles. The third-order valence-corrected chi connectivity index (χ3v) is 23.7. The summed E-state index contributed by atoms with van der Waals surface area (Å²) in [4.78, 5) is 121. The zero-order chi connectivity index (χ0) is 86.7. The maximum atomic E-state index is 12.9. The van der Waals surface area contributed by atoms with E-state index in [4.69, 9.17) is 125 Å². The molecule has 4 heterocycles. The van der Waals surface area contributed by atoms with Crippen LogP contribution < -0.4 is 48.1 Å². The number of esters is 4. The second kappa shape index (κ2) is 50.0. The Labute approximate surface area is 730 Å². The molecule has 0 spiro atoms. The fourth-order valence-electron chi connectivity index (χ4n) is 12.4. The van der Waals surface area contributed by atoms with Crippen molar-refractivity contribution >= 4 is 186 Å². The second-order valence-electron chi connectivity index (χ2n) is 25.8. The lowest BCUT2D eigenvalue weighted by atomic mass is 9.90. The van der Waals surface area contributed by atoms with Crippen molar-refractivity contribution in [3.05, 3.63) is 228 Å². The lowest BCUT2D eigenvalue weighted by Gasteiger charge is -2.22. The molecule has 3 aromatic heterocycles. The molecule has 3 atom stereocenters. The number of halogens is 9. The largest absolute Gasteiger partial charge is 0.497 e. The fourth-order valence-corrected chi connectivity index (χ4v) is 17.3. The molecule has 12 rings (SSSR count). The van der Waals surface area contributed by atoms with Gasteiger partial charge in [-0.15, -0.1) is 34.0 Å². The van der Waals surface area contributed by atoms with Crippen molar-refractivity contribution in [3.63, 3.8) is 0 Å². The van der Waals surface area contributed by atoms with E-state index in [2.05, 4.69) is 47.4 Å². The highest BCUT2D eigenvalue weighted by molar-refractivity contribution is 7.12. The first kappa shape index (κ1) is 96.0. The van der Waals surface area contributed by atoms with Crippen molar-refractivity contribution in [3.8, 4) is 5.75 Å². The summed E-state index contributed by atoms with van der Waals surface area (Å²) in [5.74, 6) is -4.66. The van der Waals surface area contributed by atoms with Gasteiger partial charge < -0.3 is 72.2 Å². The highest BCUT2D eigenvalue weighted by Gasteiger charge is 2.32. The average Bonchev–Trinajstić information content (AvgIpc) is 0.942. The predicted octanol–water partition coefficient (Wildman–Crippen LogP) is 15.0. The van der Waals surface area contributed by atoms with Crippen molar-refractivity contribution < 1.29 is 82.5 Å². The van der Waals surface area contributed by atoms with Gasteiger partial charge in [-0.25, -0.2) is 19.2 Å². The molecule has 3 aliphatic carbocycles. The number of carboxylic acid groups (broad SMARTS) is 1. The summed E-state index contributed by atoms with van der Waals surface area (Å²) >= 11 is 53.7. The number of fused-ring (bicyclic) bond motifs is 4. The molecule has 5 aromatic carbocycles. The lowest BCUT2D eigenvalue weighted by Crippen LogP contribution is -2.49. The van der Waals surface area contributed by atoms with E-state index in [9.17, 15) is 52.3 Å². The van der Waals surface area contributed by atoms with Crippen molar-refractivity contribution in [2.24, 2.45) is 11.5 Å². The van der Waals surface area contributed by atoms with Gasteiger partial charge in [0.25, 0.3) is 29.5 Å². The molecule has 11 N–H and O–H groups in total. The first-order valence-electron chi connectivity index (χ1n) is 37.0. The number of carbonyl (C=O) groups is 10. The van der Waals surface area contributed by atoms with Gasteiger partial charge in [0.2, 0.25) is 0 Å². The van der Waals surface area contributed by atoms with Crippen LogP contribution in [-0.2, 0) is 91.2 Å². The average molecular weight is 1830 g/mol. The number of carboxylic acids is 1. The SMILES string of the molecule is COC(=O)[C@@H](N)CNC(=O)c1cccs1.COC(=O)[C@H](CNC(=O)c1cccs1)NC(=O)c1c(Cl)cc2c(c1Cl)CCCC2.COC(=O)[C@H](CNC(=O)c1cccs1)NC(=O)c1c(Cl)cc2c(c1Cl)CCNC2.COC(=O)c1c(Cl)cc2c(c1Cl)CCCC2.COc1cccc(CCN)c1.O=C(O)c1c(Cl)cc2c(c1Cl)CCCC2.[2H]CF. The van der Waals surface area contributed by atoms with Gasteiger partial charge in [-0.3, -0.25) is 33.2 Å². The number of amides is 5. The van der Waals surface area contributed by atoms with Crippen molar-refractivity contribution in [2.75, 3.05) is 75.4 Å². The molecule has 24 nitrogen and oxygen atoms in total. The molecule has 5 amide bonds. The molecule has 117 heavy (non-hydrogen) atoms. The number of hydrogen-bond acceptors (Lipinski definition) is 21.